The molecule has 0 spiro atoms. The van der Waals surface area contributed by atoms with Gasteiger partial charge >= 0.3 is 0 Å². The van der Waals surface area contributed by atoms with Crippen molar-refractivity contribution in [2.75, 3.05) is 6.54 Å². The minimum absolute atomic E-state index is 0.0600. The number of halogens is 3. The smallest absolute Gasteiger partial charge is 0.261 e. The lowest BCUT2D eigenvalue weighted by Gasteiger charge is -2.23. The number of carbonyl (C=O) groups excluding carboxylic acids is 1. The summed E-state index contributed by atoms with van der Waals surface area (Å²) in [4.78, 5) is 12.0. The van der Waals surface area contributed by atoms with Gasteiger partial charge < -0.3 is 5.32 Å². The lowest BCUT2D eigenvalue weighted by atomic mass is 9.90. The number of rotatable bonds is 5. The Bertz CT molecular complexity index is 660. The van der Waals surface area contributed by atoms with Crippen LogP contribution in [0.4, 0.5) is 0 Å². The molecule has 0 atom stereocenters. The van der Waals surface area contributed by atoms with Crippen LogP contribution in [0.25, 0.3) is 0 Å². The topological polar surface area (TPSA) is 63.2 Å². The number of hydrogen-bond acceptors (Lipinski definition) is 3. The van der Waals surface area contributed by atoms with Crippen LogP contribution >= 0.6 is 38.2 Å². The molecular formula is C13H16BrCl2NO3S. The third kappa shape index (κ3) is 5.13. The standard InChI is InChI=1S/C13H16BrCl2NO3S/c1-4-13(2,3)7-17-12(18)9-5-8(21(16,19)20)6-10(14)11(9)15/h5-6H,4,7H2,1-3H3,(H,17,18). The summed E-state index contributed by atoms with van der Waals surface area (Å²) in [5.41, 5.74) is 0.00684. The molecule has 1 amide bonds. The molecule has 0 aliphatic carbocycles. The number of carbonyl (C=O) groups is 1. The highest BCUT2D eigenvalue weighted by molar-refractivity contribution is 9.10. The van der Waals surface area contributed by atoms with E-state index in [9.17, 15) is 13.2 Å². The largest absolute Gasteiger partial charge is 0.351 e. The molecule has 0 aliphatic rings. The van der Waals surface area contributed by atoms with Crippen molar-refractivity contribution in [3.8, 4) is 0 Å². The molecule has 0 saturated carbocycles. The second-order valence-corrected chi connectivity index (χ2v) is 9.20. The Hall–Kier alpha value is -0.300. The highest BCUT2D eigenvalue weighted by Crippen LogP contribution is 2.31. The van der Waals surface area contributed by atoms with Gasteiger partial charge in [0.25, 0.3) is 15.0 Å². The van der Waals surface area contributed by atoms with Crippen LogP contribution in [0.2, 0.25) is 5.02 Å². The molecule has 8 heteroatoms. The molecular weight excluding hydrogens is 401 g/mol. The molecule has 118 valence electrons. The fourth-order valence-electron chi connectivity index (χ4n) is 1.41. The van der Waals surface area contributed by atoms with Crippen LogP contribution in [-0.4, -0.2) is 20.9 Å². The first-order valence-corrected chi connectivity index (χ1v) is 9.68. The van der Waals surface area contributed by atoms with Crippen LogP contribution < -0.4 is 5.32 Å². The Labute approximate surface area is 142 Å². The first kappa shape index (κ1) is 18.7. The minimum Gasteiger partial charge on any atom is -0.351 e. The zero-order valence-electron chi connectivity index (χ0n) is 11.8. The Morgan fingerprint density at radius 1 is 1.38 bits per heavy atom. The number of hydrogen-bond donors (Lipinski definition) is 1. The van der Waals surface area contributed by atoms with Gasteiger partial charge in [-0.15, -0.1) is 0 Å². The minimum atomic E-state index is -3.94. The van der Waals surface area contributed by atoms with Gasteiger partial charge in [-0.3, -0.25) is 4.79 Å². The van der Waals surface area contributed by atoms with Gasteiger partial charge in [0.15, 0.2) is 0 Å². The van der Waals surface area contributed by atoms with Gasteiger partial charge in [0.2, 0.25) is 0 Å². The summed E-state index contributed by atoms with van der Waals surface area (Å²) >= 11 is 9.18. The van der Waals surface area contributed by atoms with Crippen LogP contribution in [-0.2, 0) is 9.05 Å². The van der Waals surface area contributed by atoms with E-state index in [1.54, 1.807) is 0 Å². The van der Waals surface area contributed by atoms with Crippen LogP contribution in [0, 0.1) is 5.41 Å². The van der Waals surface area contributed by atoms with Crippen molar-refractivity contribution < 1.29 is 13.2 Å². The zero-order valence-corrected chi connectivity index (χ0v) is 15.8. The molecule has 0 aliphatic heterocycles. The summed E-state index contributed by atoms with van der Waals surface area (Å²) in [5, 5.41) is 2.90. The molecule has 0 radical (unpaired) electrons. The predicted octanol–water partition coefficient (Wildman–Crippen LogP) is 4.20. The van der Waals surface area contributed by atoms with Gasteiger partial charge in [0, 0.05) is 21.7 Å². The van der Waals surface area contributed by atoms with Gasteiger partial charge in [-0.1, -0.05) is 32.4 Å². The zero-order chi connectivity index (χ0) is 16.4. The maximum absolute atomic E-state index is 12.2. The van der Waals surface area contributed by atoms with Crippen molar-refractivity contribution in [1.82, 2.24) is 5.32 Å². The van der Waals surface area contributed by atoms with E-state index in [0.717, 1.165) is 6.42 Å². The third-order valence-electron chi connectivity index (χ3n) is 3.21. The molecule has 1 rings (SSSR count). The van der Waals surface area contributed by atoms with Gasteiger partial charge in [-0.2, -0.15) is 0 Å². The average Bonchev–Trinajstić information content (AvgIpc) is 2.38. The monoisotopic (exact) mass is 415 g/mol. The molecule has 1 N–H and O–H groups in total. The molecule has 0 saturated heterocycles. The van der Waals surface area contributed by atoms with E-state index in [-0.39, 0.29) is 20.9 Å². The second kappa shape index (κ2) is 6.86. The van der Waals surface area contributed by atoms with Crippen LogP contribution in [0.5, 0.6) is 0 Å². The summed E-state index contributed by atoms with van der Waals surface area (Å²) < 4.78 is 23.1. The molecule has 1 aromatic rings. The molecule has 0 heterocycles. The van der Waals surface area contributed by atoms with E-state index in [1.807, 2.05) is 20.8 Å². The van der Waals surface area contributed by atoms with E-state index in [1.165, 1.54) is 12.1 Å². The van der Waals surface area contributed by atoms with Crippen molar-refractivity contribution in [3.05, 3.63) is 27.2 Å². The van der Waals surface area contributed by atoms with Crippen molar-refractivity contribution in [3.63, 3.8) is 0 Å². The Morgan fingerprint density at radius 3 is 2.43 bits per heavy atom. The molecule has 0 bridgehead atoms. The first-order valence-electron chi connectivity index (χ1n) is 6.20. The fraction of sp³-hybridized carbons (Fsp3) is 0.462. The molecule has 21 heavy (non-hydrogen) atoms. The van der Waals surface area contributed by atoms with Gasteiger partial charge in [-0.05, 0) is 39.9 Å². The summed E-state index contributed by atoms with van der Waals surface area (Å²) in [7, 11) is 1.37. The Morgan fingerprint density at radius 2 is 1.95 bits per heavy atom. The Balaban J connectivity index is 3.13. The summed E-state index contributed by atoms with van der Waals surface area (Å²) in [6, 6.07) is 2.43. The quantitative estimate of drug-likeness (QED) is 0.731. The van der Waals surface area contributed by atoms with Crippen molar-refractivity contribution >= 4 is 53.2 Å². The highest BCUT2D eigenvalue weighted by atomic mass is 79.9. The number of nitrogens with one attached hydrogen (secondary N) is 1. The van der Waals surface area contributed by atoms with Gasteiger partial charge in [0.05, 0.1) is 15.5 Å². The summed E-state index contributed by atoms with van der Waals surface area (Å²) in [6.45, 7) is 6.51. The van der Waals surface area contributed by atoms with Crippen molar-refractivity contribution in [2.24, 2.45) is 5.41 Å². The molecule has 1 aromatic carbocycles. The summed E-state index contributed by atoms with van der Waals surface area (Å²) in [5.74, 6) is -0.440. The van der Waals surface area contributed by atoms with Crippen LogP contribution in [0.3, 0.4) is 0 Å². The number of benzene rings is 1. The SMILES string of the molecule is CCC(C)(C)CNC(=O)c1cc(S(=O)(=O)Cl)cc(Br)c1Cl. The lowest BCUT2D eigenvalue weighted by Crippen LogP contribution is -2.33. The average molecular weight is 417 g/mol. The maximum atomic E-state index is 12.2. The van der Waals surface area contributed by atoms with E-state index in [2.05, 4.69) is 21.2 Å². The van der Waals surface area contributed by atoms with Crippen molar-refractivity contribution in [1.29, 1.82) is 0 Å². The third-order valence-corrected chi connectivity index (χ3v) is 5.81. The van der Waals surface area contributed by atoms with E-state index in [0.29, 0.717) is 11.0 Å². The summed E-state index contributed by atoms with van der Waals surface area (Å²) in [6.07, 6.45) is 0.890. The highest BCUT2D eigenvalue weighted by Gasteiger charge is 2.22. The van der Waals surface area contributed by atoms with Gasteiger partial charge in [0.1, 0.15) is 0 Å². The first-order chi connectivity index (χ1) is 9.48. The van der Waals surface area contributed by atoms with E-state index >= 15 is 0 Å². The molecule has 4 nitrogen and oxygen atoms in total. The second-order valence-electron chi connectivity index (χ2n) is 5.40. The maximum Gasteiger partial charge on any atom is 0.261 e. The molecule has 0 fully saturated rings. The lowest BCUT2D eigenvalue weighted by molar-refractivity contribution is 0.0935. The van der Waals surface area contributed by atoms with Crippen molar-refractivity contribution in [2.45, 2.75) is 32.1 Å². The fourth-order valence-corrected chi connectivity index (χ4v) is 3.00. The molecule has 0 unspecified atom stereocenters. The van der Waals surface area contributed by atoms with E-state index < -0.39 is 15.0 Å². The van der Waals surface area contributed by atoms with Crippen LogP contribution in [0.1, 0.15) is 37.6 Å². The number of amides is 1. The van der Waals surface area contributed by atoms with Gasteiger partial charge in [-0.25, -0.2) is 8.42 Å². The van der Waals surface area contributed by atoms with Crippen LogP contribution in [0.15, 0.2) is 21.5 Å². The normalized spacial score (nSPS) is 12.3. The predicted molar refractivity (Wildman–Crippen MR) is 88.6 cm³/mol. The Kier molecular flexibility index (Phi) is 6.12. The van der Waals surface area contributed by atoms with E-state index in [4.69, 9.17) is 22.3 Å². The molecule has 0 aromatic heterocycles.